The van der Waals surface area contributed by atoms with Crippen molar-refractivity contribution in [2.45, 2.75) is 52.7 Å². The Morgan fingerprint density at radius 1 is 1.50 bits per heavy atom. The number of carbonyl (C=O) groups is 1. The molecule has 0 saturated carbocycles. The average Bonchev–Trinajstić information content (AvgIpc) is 3.04. The van der Waals surface area contributed by atoms with Crippen molar-refractivity contribution >= 4 is 5.91 Å². The third kappa shape index (κ3) is 2.87. The second-order valence-corrected chi connectivity index (χ2v) is 5.97. The SMILES string of the molecule is CCn1nc(C(C)C)cc1C(=O)N1CCC(C(C)O)C1. The van der Waals surface area contributed by atoms with Crippen LogP contribution in [0.2, 0.25) is 0 Å². The number of aliphatic hydroxyl groups is 1. The molecule has 2 rings (SSSR count). The van der Waals surface area contributed by atoms with Crippen molar-refractivity contribution in [3.8, 4) is 0 Å². The first-order chi connectivity index (χ1) is 9.43. The van der Waals surface area contributed by atoms with Gasteiger partial charge in [0.15, 0.2) is 0 Å². The summed E-state index contributed by atoms with van der Waals surface area (Å²) in [4.78, 5) is 14.5. The van der Waals surface area contributed by atoms with Crippen LogP contribution < -0.4 is 0 Å². The number of rotatable bonds is 4. The third-order valence-electron chi connectivity index (χ3n) is 4.10. The van der Waals surface area contributed by atoms with E-state index in [0.29, 0.717) is 24.7 Å². The van der Waals surface area contributed by atoms with Crippen molar-refractivity contribution in [1.29, 1.82) is 0 Å². The van der Waals surface area contributed by atoms with E-state index < -0.39 is 0 Å². The molecule has 0 bridgehead atoms. The monoisotopic (exact) mass is 279 g/mol. The summed E-state index contributed by atoms with van der Waals surface area (Å²) >= 11 is 0. The lowest BCUT2D eigenvalue weighted by Crippen LogP contribution is -2.32. The highest BCUT2D eigenvalue weighted by atomic mass is 16.3. The average molecular weight is 279 g/mol. The minimum Gasteiger partial charge on any atom is -0.393 e. The molecule has 0 spiro atoms. The summed E-state index contributed by atoms with van der Waals surface area (Å²) in [5.41, 5.74) is 1.63. The molecule has 1 saturated heterocycles. The Hall–Kier alpha value is -1.36. The molecule has 1 aliphatic heterocycles. The van der Waals surface area contributed by atoms with Crippen LogP contribution in [0.3, 0.4) is 0 Å². The zero-order valence-corrected chi connectivity index (χ0v) is 12.8. The number of likely N-dealkylation sites (tertiary alicyclic amines) is 1. The Labute approximate surface area is 120 Å². The number of hydrogen-bond acceptors (Lipinski definition) is 3. The fraction of sp³-hybridized carbons (Fsp3) is 0.733. The molecule has 0 aromatic carbocycles. The van der Waals surface area contributed by atoms with Crippen LogP contribution in [0.25, 0.3) is 0 Å². The maximum Gasteiger partial charge on any atom is 0.272 e. The molecule has 112 valence electrons. The minimum absolute atomic E-state index is 0.0365. The van der Waals surface area contributed by atoms with Gasteiger partial charge in [-0.2, -0.15) is 5.10 Å². The number of aliphatic hydroxyl groups excluding tert-OH is 1. The van der Waals surface area contributed by atoms with Gasteiger partial charge >= 0.3 is 0 Å². The zero-order valence-electron chi connectivity index (χ0n) is 12.8. The number of aromatic nitrogens is 2. The summed E-state index contributed by atoms with van der Waals surface area (Å²) in [7, 11) is 0. The summed E-state index contributed by atoms with van der Waals surface area (Å²) in [6.45, 7) is 10.0. The van der Waals surface area contributed by atoms with E-state index >= 15 is 0 Å². The first-order valence-corrected chi connectivity index (χ1v) is 7.49. The molecule has 1 aromatic rings. The van der Waals surface area contributed by atoms with Gasteiger partial charge in [-0.25, -0.2) is 0 Å². The molecule has 20 heavy (non-hydrogen) atoms. The number of carbonyl (C=O) groups excluding carboxylic acids is 1. The molecule has 5 nitrogen and oxygen atoms in total. The normalized spacial score (nSPS) is 20.7. The van der Waals surface area contributed by atoms with Crippen molar-refractivity contribution < 1.29 is 9.90 Å². The maximum atomic E-state index is 12.6. The van der Waals surface area contributed by atoms with Crippen molar-refractivity contribution in [2.24, 2.45) is 5.92 Å². The lowest BCUT2D eigenvalue weighted by Gasteiger charge is -2.18. The van der Waals surface area contributed by atoms with Crippen LogP contribution in [0.15, 0.2) is 6.07 Å². The molecule has 2 unspecified atom stereocenters. The van der Waals surface area contributed by atoms with Gasteiger partial charge in [-0.15, -0.1) is 0 Å². The largest absolute Gasteiger partial charge is 0.393 e. The van der Waals surface area contributed by atoms with E-state index in [1.165, 1.54) is 0 Å². The Kier molecular flexibility index (Phi) is 4.48. The fourth-order valence-electron chi connectivity index (χ4n) is 2.66. The molecule has 1 aromatic heterocycles. The first-order valence-electron chi connectivity index (χ1n) is 7.49. The lowest BCUT2D eigenvalue weighted by molar-refractivity contribution is 0.0750. The quantitative estimate of drug-likeness (QED) is 0.915. The molecule has 1 aliphatic rings. The van der Waals surface area contributed by atoms with Crippen molar-refractivity contribution in [3.63, 3.8) is 0 Å². The van der Waals surface area contributed by atoms with Crippen LogP contribution in [-0.4, -0.2) is 44.9 Å². The summed E-state index contributed by atoms with van der Waals surface area (Å²) in [5.74, 6) is 0.550. The van der Waals surface area contributed by atoms with Crippen molar-refractivity contribution in [1.82, 2.24) is 14.7 Å². The van der Waals surface area contributed by atoms with Gasteiger partial charge in [0, 0.05) is 25.6 Å². The van der Waals surface area contributed by atoms with Crippen molar-refractivity contribution in [2.75, 3.05) is 13.1 Å². The topological polar surface area (TPSA) is 58.4 Å². The maximum absolute atomic E-state index is 12.6. The van der Waals surface area contributed by atoms with Gasteiger partial charge in [-0.1, -0.05) is 13.8 Å². The number of aryl methyl sites for hydroxylation is 1. The fourth-order valence-corrected chi connectivity index (χ4v) is 2.66. The van der Waals surface area contributed by atoms with Gasteiger partial charge in [0.1, 0.15) is 5.69 Å². The first kappa shape index (κ1) is 15.0. The third-order valence-corrected chi connectivity index (χ3v) is 4.10. The van der Waals surface area contributed by atoms with Crippen LogP contribution in [0, 0.1) is 5.92 Å². The van der Waals surface area contributed by atoms with Gasteiger partial charge in [0.2, 0.25) is 0 Å². The van der Waals surface area contributed by atoms with Gasteiger partial charge in [-0.05, 0) is 32.3 Å². The molecule has 1 N–H and O–H groups in total. The van der Waals surface area contributed by atoms with Crippen molar-refractivity contribution in [3.05, 3.63) is 17.5 Å². The number of amides is 1. The van der Waals surface area contributed by atoms with E-state index in [2.05, 4.69) is 18.9 Å². The van der Waals surface area contributed by atoms with E-state index in [4.69, 9.17) is 0 Å². The smallest absolute Gasteiger partial charge is 0.272 e. The minimum atomic E-state index is -0.352. The van der Waals surface area contributed by atoms with E-state index in [0.717, 1.165) is 18.7 Å². The van der Waals surface area contributed by atoms with Crippen LogP contribution in [0.4, 0.5) is 0 Å². The van der Waals surface area contributed by atoms with Crippen LogP contribution >= 0.6 is 0 Å². The Morgan fingerprint density at radius 2 is 2.20 bits per heavy atom. The van der Waals surface area contributed by atoms with Gasteiger partial charge in [0.05, 0.1) is 11.8 Å². The van der Waals surface area contributed by atoms with E-state index in [1.54, 1.807) is 11.6 Å². The van der Waals surface area contributed by atoms with Gasteiger partial charge in [-0.3, -0.25) is 9.48 Å². The number of hydrogen-bond donors (Lipinski definition) is 1. The Balaban J connectivity index is 2.17. The summed E-state index contributed by atoms with van der Waals surface area (Å²) in [5, 5.41) is 14.1. The van der Waals surface area contributed by atoms with E-state index in [1.807, 2.05) is 17.9 Å². The lowest BCUT2D eigenvalue weighted by atomic mass is 10.0. The molecule has 1 amide bonds. The molecule has 2 atom stereocenters. The van der Waals surface area contributed by atoms with Gasteiger partial charge < -0.3 is 10.0 Å². The zero-order chi connectivity index (χ0) is 14.9. The summed E-state index contributed by atoms with van der Waals surface area (Å²) < 4.78 is 1.79. The Bertz CT molecular complexity index is 479. The van der Waals surface area contributed by atoms with Gasteiger partial charge in [0.25, 0.3) is 5.91 Å². The second kappa shape index (κ2) is 5.95. The number of nitrogens with zero attached hydrogens (tertiary/aromatic N) is 3. The van der Waals surface area contributed by atoms with E-state index in [9.17, 15) is 9.90 Å². The van der Waals surface area contributed by atoms with Crippen LogP contribution in [-0.2, 0) is 6.54 Å². The standard InChI is InChI=1S/C15H25N3O2/c1-5-18-14(8-13(16-18)10(2)3)15(20)17-7-6-12(9-17)11(4)19/h8,10-12,19H,5-7,9H2,1-4H3. The summed E-state index contributed by atoms with van der Waals surface area (Å²) in [6, 6.07) is 1.91. The predicted molar refractivity (Wildman–Crippen MR) is 77.7 cm³/mol. The summed E-state index contributed by atoms with van der Waals surface area (Å²) in [6.07, 6.45) is 0.524. The Morgan fingerprint density at radius 3 is 2.70 bits per heavy atom. The highest BCUT2D eigenvalue weighted by molar-refractivity contribution is 5.93. The molecule has 1 fully saturated rings. The molecule has 2 heterocycles. The van der Waals surface area contributed by atoms with Crippen LogP contribution in [0.1, 0.15) is 56.2 Å². The molecule has 5 heteroatoms. The predicted octanol–water partition coefficient (Wildman–Crippen LogP) is 1.87. The van der Waals surface area contributed by atoms with E-state index in [-0.39, 0.29) is 17.9 Å². The molecular weight excluding hydrogens is 254 g/mol. The molecular formula is C15H25N3O2. The van der Waals surface area contributed by atoms with Crippen LogP contribution in [0.5, 0.6) is 0 Å². The molecule has 0 aliphatic carbocycles. The second-order valence-electron chi connectivity index (χ2n) is 5.97. The highest BCUT2D eigenvalue weighted by Gasteiger charge is 2.31. The highest BCUT2D eigenvalue weighted by Crippen LogP contribution is 2.23. The molecule has 0 radical (unpaired) electrons.